The number of hydrogen-bond acceptors (Lipinski definition) is 4. The summed E-state index contributed by atoms with van der Waals surface area (Å²) in [4.78, 5) is 16.8. The highest BCUT2D eigenvalue weighted by Crippen LogP contribution is 2.14. The Morgan fingerprint density at radius 2 is 1.68 bits per heavy atom. The monoisotopic (exact) mass is 304 g/mol. The lowest BCUT2D eigenvalue weighted by Crippen LogP contribution is -2.45. The molecule has 1 saturated heterocycles. The summed E-state index contributed by atoms with van der Waals surface area (Å²) in [6.07, 6.45) is 0. The summed E-state index contributed by atoms with van der Waals surface area (Å²) in [5.41, 5.74) is 6.98. The van der Waals surface area contributed by atoms with Crippen molar-refractivity contribution in [2.75, 3.05) is 38.0 Å². The molecule has 0 aromatic heterocycles. The number of nitrogens with two attached hydrogens (primary N) is 1. The summed E-state index contributed by atoms with van der Waals surface area (Å²) >= 11 is 0. The van der Waals surface area contributed by atoms with E-state index in [1.165, 1.54) is 5.56 Å². The predicted octanol–water partition coefficient (Wildman–Crippen LogP) is 1.50. The van der Waals surface area contributed by atoms with E-state index >= 15 is 0 Å². The first-order valence-electron chi connectivity index (χ1n) is 8.02. The van der Waals surface area contributed by atoms with Crippen LogP contribution in [-0.2, 0) is 11.3 Å². The van der Waals surface area contributed by atoms with Gasteiger partial charge in [-0.2, -0.15) is 0 Å². The molecule has 1 heterocycles. The van der Waals surface area contributed by atoms with Crippen LogP contribution in [0.15, 0.2) is 24.3 Å². The van der Waals surface area contributed by atoms with E-state index in [0.29, 0.717) is 0 Å². The van der Waals surface area contributed by atoms with Crippen molar-refractivity contribution in [3.63, 3.8) is 0 Å². The Balaban J connectivity index is 1.86. The van der Waals surface area contributed by atoms with Crippen molar-refractivity contribution >= 4 is 11.6 Å². The first kappa shape index (κ1) is 16.9. The molecule has 5 nitrogen and oxygen atoms in total. The Labute approximate surface area is 133 Å². The van der Waals surface area contributed by atoms with Gasteiger partial charge in [0.1, 0.15) is 0 Å². The molecule has 0 bridgehead atoms. The van der Waals surface area contributed by atoms with Gasteiger partial charge >= 0.3 is 0 Å². The highest BCUT2D eigenvalue weighted by Gasteiger charge is 2.21. The number of nitrogens with one attached hydrogen (secondary N) is 1. The predicted molar refractivity (Wildman–Crippen MR) is 90.7 cm³/mol. The van der Waals surface area contributed by atoms with Crippen molar-refractivity contribution in [3.05, 3.63) is 29.8 Å². The molecule has 0 aliphatic carbocycles. The summed E-state index contributed by atoms with van der Waals surface area (Å²) in [6, 6.07) is 8.04. The van der Waals surface area contributed by atoms with E-state index in [9.17, 15) is 4.79 Å². The molecule has 1 aliphatic heterocycles. The standard InChI is InChI=1S/C17H28N4O/c1-4-20-9-11-21(12-10-20)13-14-5-7-15(8-6-14)19-16(22)17(2,3)18/h5-8H,4,9-13,18H2,1-3H3,(H,19,22). The van der Waals surface area contributed by atoms with E-state index in [-0.39, 0.29) is 5.91 Å². The molecule has 2 rings (SSSR count). The molecule has 1 aromatic rings. The van der Waals surface area contributed by atoms with Crippen LogP contribution in [-0.4, -0.2) is 54.0 Å². The van der Waals surface area contributed by atoms with Gasteiger partial charge in [-0.05, 0) is 38.1 Å². The van der Waals surface area contributed by atoms with Crippen molar-refractivity contribution in [2.24, 2.45) is 5.73 Å². The number of nitrogens with zero attached hydrogens (tertiary/aromatic N) is 2. The van der Waals surface area contributed by atoms with Crippen LogP contribution in [0, 0.1) is 0 Å². The van der Waals surface area contributed by atoms with Crippen molar-refractivity contribution in [1.82, 2.24) is 9.80 Å². The Hall–Kier alpha value is -1.43. The fraction of sp³-hybridized carbons (Fsp3) is 0.588. The molecule has 22 heavy (non-hydrogen) atoms. The molecule has 1 aromatic carbocycles. The fourth-order valence-corrected chi connectivity index (χ4v) is 2.51. The topological polar surface area (TPSA) is 61.6 Å². The SMILES string of the molecule is CCN1CCN(Cc2ccc(NC(=O)C(C)(C)N)cc2)CC1. The lowest BCUT2D eigenvalue weighted by atomic mass is 10.1. The van der Waals surface area contributed by atoms with Crippen LogP contribution in [0.2, 0.25) is 0 Å². The van der Waals surface area contributed by atoms with E-state index in [2.05, 4.69) is 34.2 Å². The lowest BCUT2D eigenvalue weighted by molar-refractivity contribution is -0.120. The number of anilines is 1. The smallest absolute Gasteiger partial charge is 0.243 e. The first-order chi connectivity index (χ1) is 10.4. The van der Waals surface area contributed by atoms with Crippen LogP contribution in [0.25, 0.3) is 0 Å². The highest BCUT2D eigenvalue weighted by atomic mass is 16.2. The summed E-state index contributed by atoms with van der Waals surface area (Å²) in [7, 11) is 0. The number of rotatable bonds is 5. The Kier molecular flexibility index (Phi) is 5.56. The van der Waals surface area contributed by atoms with Gasteiger partial charge in [0.2, 0.25) is 5.91 Å². The molecule has 0 atom stereocenters. The van der Waals surface area contributed by atoms with Crippen LogP contribution in [0.5, 0.6) is 0 Å². The van der Waals surface area contributed by atoms with Gasteiger partial charge in [-0.15, -0.1) is 0 Å². The van der Waals surface area contributed by atoms with Gasteiger partial charge in [-0.1, -0.05) is 19.1 Å². The molecule has 0 saturated carbocycles. The largest absolute Gasteiger partial charge is 0.325 e. The third kappa shape index (κ3) is 4.80. The molecule has 1 amide bonds. The summed E-state index contributed by atoms with van der Waals surface area (Å²) in [5.74, 6) is -0.170. The van der Waals surface area contributed by atoms with E-state index in [4.69, 9.17) is 5.73 Å². The molecule has 0 spiro atoms. The van der Waals surface area contributed by atoms with Gasteiger partial charge in [0.25, 0.3) is 0 Å². The van der Waals surface area contributed by atoms with Crippen LogP contribution >= 0.6 is 0 Å². The van der Waals surface area contributed by atoms with Crippen molar-refractivity contribution < 1.29 is 4.79 Å². The molecule has 0 radical (unpaired) electrons. The van der Waals surface area contributed by atoms with Gasteiger partial charge in [-0.3, -0.25) is 9.69 Å². The first-order valence-corrected chi connectivity index (χ1v) is 8.02. The molecule has 0 unspecified atom stereocenters. The summed E-state index contributed by atoms with van der Waals surface area (Å²) in [5, 5.41) is 2.84. The summed E-state index contributed by atoms with van der Waals surface area (Å²) < 4.78 is 0. The van der Waals surface area contributed by atoms with Crippen LogP contribution in [0.1, 0.15) is 26.3 Å². The minimum Gasteiger partial charge on any atom is -0.325 e. The second-order valence-corrected chi connectivity index (χ2v) is 6.58. The Morgan fingerprint density at radius 3 is 2.18 bits per heavy atom. The van der Waals surface area contributed by atoms with Crippen molar-refractivity contribution in [3.8, 4) is 0 Å². The van der Waals surface area contributed by atoms with E-state index in [1.54, 1.807) is 13.8 Å². The fourth-order valence-electron chi connectivity index (χ4n) is 2.51. The van der Waals surface area contributed by atoms with E-state index < -0.39 is 5.54 Å². The maximum atomic E-state index is 11.8. The molecule has 1 aliphatic rings. The zero-order chi connectivity index (χ0) is 16.2. The zero-order valence-electron chi connectivity index (χ0n) is 13.9. The number of benzene rings is 1. The van der Waals surface area contributed by atoms with Crippen molar-refractivity contribution in [1.29, 1.82) is 0 Å². The van der Waals surface area contributed by atoms with Gasteiger partial charge in [0.15, 0.2) is 0 Å². The minimum absolute atomic E-state index is 0.170. The third-order valence-corrected chi connectivity index (χ3v) is 4.12. The van der Waals surface area contributed by atoms with Crippen molar-refractivity contribution in [2.45, 2.75) is 32.9 Å². The number of hydrogen-bond donors (Lipinski definition) is 2. The molecule has 1 fully saturated rings. The molecule has 3 N–H and O–H groups in total. The molecule has 122 valence electrons. The number of carbonyl (C=O) groups excluding carboxylic acids is 1. The maximum Gasteiger partial charge on any atom is 0.243 e. The van der Waals surface area contributed by atoms with Crippen LogP contribution < -0.4 is 11.1 Å². The average molecular weight is 304 g/mol. The van der Waals surface area contributed by atoms with Gasteiger partial charge in [0.05, 0.1) is 5.54 Å². The molecule has 5 heteroatoms. The van der Waals surface area contributed by atoms with Gasteiger partial charge in [-0.25, -0.2) is 0 Å². The second-order valence-electron chi connectivity index (χ2n) is 6.58. The zero-order valence-corrected chi connectivity index (χ0v) is 13.9. The molecular formula is C17H28N4O. The number of carbonyl (C=O) groups is 1. The van der Waals surface area contributed by atoms with E-state index in [1.807, 2.05) is 12.1 Å². The normalized spacial score (nSPS) is 17.5. The quantitative estimate of drug-likeness (QED) is 0.865. The number of piperazine rings is 1. The Morgan fingerprint density at radius 1 is 1.14 bits per heavy atom. The van der Waals surface area contributed by atoms with Gasteiger partial charge < -0.3 is 16.0 Å². The van der Waals surface area contributed by atoms with Crippen LogP contribution in [0.3, 0.4) is 0 Å². The Bertz CT molecular complexity index is 484. The third-order valence-electron chi connectivity index (χ3n) is 4.12. The van der Waals surface area contributed by atoms with E-state index in [0.717, 1.165) is 45.0 Å². The summed E-state index contributed by atoms with van der Waals surface area (Å²) in [6.45, 7) is 12.3. The highest BCUT2D eigenvalue weighted by molar-refractivity contribution is 5.97. The minimum atomic E-state index is -0.863. The lowest BCUT2D eigenvalue weighted by Gasteiger charge is -2.34. The average Bonchev–Trinajstić information content (AvgIpc) is 2.49. The van der Waals surface area contributed by atoms with Gasteiger partial charge in [0, 0.05) is 38.4 Å². The maximum absolute atomic E-state index is 11.8. The number of amides is 1. The second kappa shape index (κ2) is 7.22. The molecular weight excluding hydrogens is 276 g/mol. The number of likely N-dealkylation sites (N-methyl/N-ethyl adjacent to an activating group) is 1. The van der Waals surface area contributed by atoms with Crippen LogP contribution in [0.4, 0.5) is 5.69 Å².